The normalized spacial score (nSPS) is 10.5. The molecule has 0 aliphatic carbocycles. The van der Waals surface area contributed by atoms with Crippen molar-refractivity contribution in [2.75, 3.05) is 0 Å². The van der Waals surface area contributed by atoms with Crippen molar-refractivity contribution in [1.29, 1.82) is 0 Å². The van der Waals surface area contributed by atoms with Gasteiger partial charge in [0, 0.05) is 5.41 Å². The van der Waals surface area contributed by atoms with Crippen molar-refractivity contribution >= 4 is 0 Å². The Morgan fingerprint density at radius 2 is 0.857 bits per heavy atom. The molecule has 0 aliphatic rings. The predicted octanol–water partition coefficient (Wildman–Crippen LogP) is 10.4. The number of hydrogen-bond donors (Lipinski definition) is 0. The van der Waals surface area contributed by atoms with E-state index >= 15 is 0 Å². The van der Waals surface area contributed by atoms with E-state index in [-0.39, 0.29) is 5.41 Å². The molecule has 2 rings (SSSR count). The summed E-state index contributed by atoms with van der Waals surface area (Å²) in [5, 5.41) is 0. The minimum Gasteiger partial charge on any atom is -0.457 e. The summed E-state index contributed by atoms with van der Waals surface area (Å²) < 4.78 is 11.6. The van der Waals surface area contributed by atoms with E-state index in [0.717, 1.165) is 11.5 Å². The van der Waals surface area contributed by atoms with E-state index < -0.39 is 0 Å². The summed E-state index contributed by atoms with van der Waals surface area (Å²) in [4.78, 5) is 0. The van der Waals surface area contributed by atoms with Gasteiger partial charge in [0.05, 0.1) is 0 Å². The molecule has 0 saturated carbocycles. The lowest BCUT2D eigenvalue weighted by Crippen LogP contribution is -2.18. The van der Waals surface area contributed by atoms with E-state index in [1.807, 2.05) is 65.8 Å². The Hall–Kier alpha value is -3.52. The van der Waals surface area contributed by atoms with Crippen molar-refractivity contribution in [3.63, 3.8) is 0 Å². The Balaban J connectivity index is 0. The van der Waals surface area contributed by atoms with Crippen LogP contribution in [-0.4, -0.2) is 0 Å². The van der Waals surface area contributed by atoms with Gasteiger partial charge in [0.25, 0.3) is 0 Å². The first-order chi connectivity index (χ1) is 16.9. The van der Waals surface area contributed by atoms with Gasteiger partial charge in [-0.2, -0.15) is 0 Å². The van der Waals surface area contributed by atoms with E-state index in [1.165, 1.54) is 11.1 Å². The molecule has 2 aromatic carbocycles. The van der Waals surface area contributed by atoms with E-state index in [0.29, 0.717) is 11.5 Å². The summed E-state index contributed by atoms with van der Waals surface area (Å²) in [5.74, 6) is 2.83. The van der Waals surface area contributed by atoms with Gasteiger partial charge >= 0.3 is 0 Å². The summed E-state index contributed by atoms with van der Waals surface area (Å²) in [6, 6.07) is 16.2. The van der Waals surface area contributed by atoms with Crippen LogP contribution in [0.1, 0.15) is 66.5 Å². The Morgan fingerprint density at radius 1 is 0.571 bits per heavy atom. The molecule has 0 radical (unpaired) electrons. The SMILES string of the molecule is C=C/C=C(\C=C)Oc1ccc(C(C)(C)c2ccc(O/C(C=C)=C/C=C)cc2)cc1.CC.CC.CC. The lowest BCUT2D eigenvalue weighted by molar-refractivity contribution is 0.444. The molecule has 2 aromatic rings. The van der Waals surface area contributed by atoms with Gasteiger partial charge in [0.15, 0.2) is 0 Å². The Bertz CT molecular complexity index is 847. The molecule has 0 N–H and O–H groups in total. The predicted molar refractivity (Wildman–Crippen MR) is 157 cm³/mol. The van der Waals surface area contributed by atoms with E-state index in [9.17, 15) is 0 Å². The number of rotatable bonds is 10. The minimum absolute atomic E-state index is 0.173. The largest absolute Gasteiger partial charge is 0.457 e. The van der Waals surface area contributed by atoms with Gasteiger partial charge in [0.2, 0.25) is 0 Å². The quantitative estimate of drug-likeness (QED) is 0.252. The molecule has 2 nitrogen and oxygen atoms in total. The van der Waals surface area contributed by atoms with Gasteiger partial charge in [-0.25, -0.2) is 0 Å². The number of allylic oxidation sites excluding steroid dienone is 6. The lowest BCUT2D eigenvalue weighted by Gasteiger charge is -2.26. The molecule has 0 fully saturated rings. The van der Waals surface area contributed by atoms with Gasteiger partial charge in [-0.15, -0.1) is 0 Å². The monoisotopic (exact) mass is 474 g/mol. The van der Waals surface area contributed by atoms with Crippen molar-refractivity contribution in [1.82, 2.24) is 0 Å². The zero-order chi connectivity index (χ0) is 27.3. The van der Waals surface area contributed by atoms with Crippen LogP contribution in [0.15, 0.2) is 123 Å². The Kier molecular flexibility index (Phi) is 19.1. The maximum atomic E-state index is 5.80. The van der Waals surface area contributed by atoms with Gasteiger partial charge in [-0.1, -0.05) is 118 Å². The Labute approximate surface area is 215 Å². The van der Waals surface area contributed by atoms with Crippen LogP contribution in [0.2, 0.25) is 0 Å². The van der Waals surface area contributed by atoms with E-state index in [1.54, 1.807) is 36.5 Å². The molecule has 0 atom stereocenters. The van der Waals surface area contributed by atoms with Crippen LogP contribution in [-0.2, 0) is 5.41 Å². The number of benzene rings is 2. The molecule has 0 heterocycles. The first-order valence-corrected chi connectivity index (χ1v) is 12.4. The van der Waals surface area contributed by atoms with Crippen molar-refractivity contribution in [2.24, 2.45) is 0 Å². The van der Waals surface area contributed by atoms with Gasteiger partial charge < -0.3 is 9.47 Å². The summed E-state index contributed by atoms with van der Waals surface area (Å²) in [6.07, 6.45) is 10.2. The molecule has 0 unspecified atom stereocenters. The molecule has 0 bridgehead atoms. The molecule has 0 aliphatic heterocycles. The molecule has 0 spiro atoms. The van der Waals surface area contributed by atoms with Crippen LogP contribution in [0, 0.1) is 0 Å². The molecule has 190 valence electrons. The average Bonchev–Trinajstić information content (AvgIpc) is 2.92. The second-order valence-electron chi connectivity index (χ2n) is 6.90. The highest BCUT2D eigenvalue weighted by Crippen LogP contribution is 2.33. The summed E-state index contributed by atoms with van der Waals surface area (Å²) >= 11 is 0. The standard InChI is InChI=1S/C27H28O2.3C2H6/c1-7-11-23(9-3)28-25-17-13-21(14-18-25)27(5,6)22-15-19-26(20-16-22)29-24(10-4)12-8-2;3*1-2/h7-20H,1-4H2,5-6H3;3*1-2H3/b23-11+,24-12+;;;. The molecule has 0 saturated heterocycles. The smallest absolute Gasteiger partial charge is 0.127 e. The van der Waals surface area contributed by atoms with Crippen molar-refractivity contribution in [2.45, 2.75) is 60.8 Å². The molecular formula is C33H46O2. The molecule has 0 aromatic heterocycles. The molecular weight excluding hydrogens is 428 g/mol. The average molecular weight is 475 g/mol. The first-order valence-electron chi connectivity index (χ1n) is 12.4. The van der Waals surface area contributed by atoms with E-state index in [2.05, 4.69) is 64.4 Å². The summed E-state index contributed by atoms with van der Waals surface area (Å²) in [6.45, 7) is 31.2. The van der Waals surface area contributed by atoms with Crippen LogP contribution in [0.4, 0.5) is 0 Å². The van der Waals surface area contributed by atoms with Crippen LogP contribution in [0.3, 0.4) is 0 Å². The number of ether oxygens (including phenoxy) is 2. The maximum absolute atomic E-state index is 5.80. The third-order valence-corrected chi connectivity index (χ3v) is 4.59. The zero-order valence-corrected chi connectivity index (χ0v) is 23.2. The van der Waals surface area contributed by atoms with Crippen molar-refractivity contribution < 1.29 is 9.47 Å². The van der Waals surface area contributed by atoms with Crippen molar-refractivity contribution in [3.8, 4) is 11.5 Å². The summed E-state index contributed by atoms with van der Waals surface area (Å²) in [7, 11) is 0. The van der Waals surface area contributed by atoms with Gasteiger partial charge in [-0.05, 0) is 59.7 Å². The highest BCUT2D eigenvalue weighted by atomic mass is 16.5. The van der Waals surface area contributed by atoms with Crippen LogP contribution in [0.5, 0.6) is 11.5 Å². The second-order valence-corrected chi connectivity index (χ2v) is 6.90. The molecule has 2 heteroatoms. The fourth-order valence-corrected chi connectivity index (χ4v) is 2.84. The molecule has 35 heavy (non-hydrogen) atoms. The Morgan fingerprint density at radius 3 is 1.09 bits per heavy atom. The fourth-order valence-electron chi connectivity index (χ4n) is 2.84. The van der Waals surface area contributed by atoms with Crippen LogP contribution < -0.4 is 9.47 Å². The van der Waals surface area contributed by atoms with E-state index in [4.69, 9.17) is 9.47 Å². The van der Waals surface area contributed by atoms with Crippen LogP contribution in [0.25, 0.3) is 0 Å². The highest BCUT2D eigenvalue weighted by Gasteiger charge is 2.23. The highest BCUT2D eigenvalue weighted by molar-refractivity contribution is 5.42. The molecule has 0 amide bonds. The minimum atomic E-state index is -0.173. The zero-order valence-electron chi connectivity index (χ0n) is 23.2. The van der Waals surface area contributed by atoms with Crippen molar-refractivity contribution in [3.05, 3.63) is 134 Å². The first kappa shape index (κ1) is 33.7. The second kappa shape index (κ2) is 19.9. The third-order valence-electron chi connectivity index (χ3n) is 4.59. The topological polar surface area (TPSA) is 18.5 Å². The maximum Gasteiger partial charge on any atom is 0.127 e. The van der Waals surface area contributed by atoms with Crippen LogP contribution >= 0.6 is 0 Å². The third kappa shape index (κ3) is 11.4. The number of hydrogen-bond acceptors (Lipinski definition) is 2. The summed E-state index contributed by atoms with van der Waals surface area (Å²) in [5.41, 5.74) is 2.20. The fraction of sp³-hybridized carbons (Fsp3) is 0.273. The van der Waals surface area contributed by atoms with Gasteiger partial charge in [-0.3, -0.25) is 0 Å². The lowest BCUT2D eigenvalue weighted by atomic mass is 9.78. The van der Waals surface area contributed by atoms with Gasteiger partial charge in [0.1, 0.15) is 23.0 Å².